The zero-order valence-electron chi connectivity index (χ0n) is 11.4. The molecule has 1 fully saturated rings. The third-order valence-corrected chi connectivity index (χ3v) is 2.78. The summed E-state index contributed by atoms with van der Waals surface area (Å²) in [6, 6.07) is 0. The molecule has 112 valence electrons. The average Bonchev–Trinajstić information content (AvgIpc) is 2.67. The molecule has 0 bridgehead atoms. The molecule has 0 saturated carbocycles. The maximum atomic E-state index is 12.1. The lowest BCUT2D eigenvalue weighted by Gasteiger charge is -2.13. The molecule has 9 heteroatoms. The Balaban J connectivity index is 2.81. The van der Waals surface area contributed by atoms with Crippen LogP contribution in [0.1, 0.15) is 0 Å². The van der Waals surface area contributed by atoms with Gasteiger partial charge in [-0.3, -0.25) is 19.3 Å². The zero-order chi connectivity index (χ0) is 15.1. The summed E-state index contributed by atoms with van der Waals surface area (Å²) in [5, 5.41) is 5.77. The molecule has 0 aromatic heterocycles. The minimum atomic E-state index is -1.30. The van der Waals surface area contributed by atoms with Crippen molar-refractivity contribution in [2.45, 2.75) is 0 Å². The Hall–Kier alpha value is -2.00. The van der Waals surface area contributed by atoms with Crippen molar-refractivity contribution in [1.82, 2.24) is 10.2 Å². The molecule has 3 amide bonds. The van der Waals surface area contributed by atoms with Gasteiger partial charge in [0.2, 0.25) is 11.8 Å². The Morgan fingerprint density at radius 2 is 2.00 bits per heavy atom. The third-order valence-electron chi connectivity index (χ3n) is 2.78. The SMILES string of the molecule is COCCNC(=O)[C@@H]1C(=O)N(CCOC)C(=O)/C1=N\N. The van der Waals surface area contributed by atoms with Gasteiger partial charge in [0.25, 0.3) is 5.91 Å². The van der Waals surface area contributed by atoms with Crippen molar-refractivity contribution in [1.29, 1.82) is 0 Å². The van der Waals surface area contributed by atoms with Crippen LogP contribution < -0.4 is 11.2 Å². The Morgan fingerprint density at radius 3 is 2.55 bits per heavy atom. The summed E-state index contributed by atoms with van der Waals surface area (Å²) >= 11 is 0. The fraction of sp³-hybridized carbons (Fsp3) is 0.636. The van der Waals surface area contributed by atoms with Crippen LogP contribution in [0.25, 0.3) is 0 Å². The number of methoxy groups -OCH3 is 2. The molecule has 0 aromatic rings. The van der Waals surface area contributed by atoms with Crippen molar-refractivity contribution in [3.63, 3.8) is 0 Å². The number of nitrogens with zero attached hydrogens (tertiary/aromatic N) is 2. The summed E-state index contributed by atoms with van der Waals surface area (Å²) in [6.07, 6.45) is 0. The van der Waals surface area contributed by atoms with Crippen molar-refractivity contribution in [3.05, 3.63) is 0 Å². The number of carbonyl (C=O) groups excluding carboxylic acids is 3. The molecule has 0 aromatic carbocycles. The third kappa shape index (κ3) is 3.31. The number of likely N-dealkylation sites (tertiary alicyclic amines) is 1. The maximum absolute atomic E-state index is 12.1. The van der Waals surface area contributed by atoms with E-state index < -0.39 is 23.6 Å². The molecule has 0 unspecified atom stereocenters. The number of nitrogens with two attached hydrogens (primary N) is 1. The topological polar surface area (TPSA) is 123 Å². The molecule has 0 aliphatic carbocycles. The van der Waals surface area contributed by atoms with Crippen molar-refractivity contribution < 1.29 is 23.9 Å². The van der Waals surface area contributed by atoms with E-state index in [-0.39, 0.29) is 25.4 Å². The highest BCUT2D eigenvalue weighted by atomic mass is 16.5. The van der Waals surface area contributed by atoms with E-state index in [9.17, 15) is 14.4 Å². The van der Waals surface area contributed by atoms with Crippen molar-refractivity contribution in [2.75, 3.05) is 40.5 Å². The predicted molar refractivity (Wildman–Crippen MR) is 68.6 cm³/mol. The highest BCUT2D eigenvalue weighted by molar-refractivity contribution is 6.54. The minimum absolute atomic E-state index is 0.0506. The number of hydrogen-bond donors (Lipinski definition) is 2. The molecule has 1 saturated heterocycles. The number of rotatable bonds is 7. The quantitative estimate of drug-likeness (QED) is 0.178. The van der Waals surface area contributed by atoms with Gasteiger partial charge in [-0.25, -0.2) is 0 Å². The molecule has 1 aliphatic heterocycles. The first-order valence-corrected chi connectivity index (χ1v) is 5.97. The molecule has 9 nitrogen and oxygen atoms in total. The number of carbonyl (C=O) groups is 3. The standard InChI is InChI=1S/C11H18N4O5/c1-19-5-3-13-9(16)7-8(14-12)11(18)15(10(7)17)4-6-20-2/h7H,3-6,12H2,1-2H3,(H,13,16)/b14-8-/t7-/m1/s1. The first kappa shape index (κ1) is 16.1. The van der Waals surface area contributed by atoms with Crippen molar-refractivity contribution in [2.24, 2.45) is 16.9 Å². The number of hydrazone groups is 1. The van der Waals surface area contributed by atoms with Crippen LogP contribution >= 0.6 is 0 Å². The number of amides is 3. The van der Waals surface area contributed by atoms with Crippen molar-refractivity contribution in [3.8, 4) is 0 Å². The van der Waals surface area contributed by atoms with Gasteiger partial charge in [-0.05, 0) is 0 Å². The largest absolute Gasteiger partial charge is 0.383 e. The summed E-state index contributed by atoms with van der Waals surface area (Å²) < 4.78 is 9.59. The number of nitrogens with one attached hydrogen (secondary N) is 1. The van der Waals surface area contributed by atoms with Gasteiger partial charge in [-0.1, -0.05) is 0 Å². The Morgan fingerprint density at radius 1 is 1.35 bits per heavy atom. The van der Waals surface area contributed by atoms with Gasteiger partial charge in [-0.15, -0.1) is 0 Å². The molecule has 0 spiro atoms. The second-order valence-electron chi connectivity index (χ2n) is 4.02. The lowest BCUT2D eigenvalue weighted by molar-refractivity contribution is -0.141. The van der Waals surface area contributed by atoms with Gasteiger partial charge in [0.15, 0.2) is 5.92 Å². The monoisotopic (exact) mass is 286 g/mol. The number of hydrogen-bond acceptors (Lipinski definition) is 7. The smallest absolute Gasteiger partial charge is 0.278 e. The van der Waals surface area contributed by atoms with Gasteiger partial charge in [-0.2, -0.15) is 5.10 Å². The molecule has 1 atom stereocenters. The Labute approximate surface area is 116 Å². The van der Waals surface area contributed by atoms with Crippen LogP contribution in [0.3, 0.4) is 0 Å². The number of ether oxygens (including phenoxy) is 2. The summed E-state index contributed by atoms with van der Waals surface area (Å²) in [5.74, 6) is 1.87. The Kier molecular flexibility index (Phi) is 6.07. The molecule has 0 radical (unpaired) electrons. The highest BCUT2D eigenvalue weighted by Crippen LogP contribution is 2.17. The highest BCUT2D eigenvalue weighted by Gasteiger charge is 2.48. The lowest BCUT2D eigenvalue weighted by Crippen LogP contribution is -2.40. The van der Waals surface area contributed by atoms with Gasteiger partial charge in [0.1, 0.15) is 5.71 Å². The lowest BCUT2D eigenvalue weighted by atomic mass is 10.1. The minimum Gasteiger partial charge on any atom is -0.383 e. The van der Waals surface area contributed by atoms with E-state index in [1.165, 1.54) is 14.2 Å². The average molecular weight is 286 g/mol. The molecular weight excluding hydrogens is 268 g/mol. The van der Waals surface area contributed by atoms with Crippen LogP contribution in [-0.2, 0) is 23.9 Å². The summed E-state index contributed by atoms with van der Waals surface area (Å²) in [7, 11) is 2.92. The van der Waals surface area contributed by atoms with Crippen LogP contribution in [0.2, 0.25) is 0 Å². The van der Waals surface area contributed by atoms with Crippen molar-refractivity contribution >= 4 is 23.4 Å². The van der Waals surface area contributed by atoms with E-state index in [4.69, 9.17) is 15.3 Å². The first-order valence-electron chi connectivity index (χ1n) is 5.97. The van der Waals surface area contributed by atoms with E-state index in [1.807, 2.05) is 0 Å². The Bertz CT molecular complexity index is 423. The van der Waals surface area contributed by atoms with Crippen LogP contribution in [0.5, 0.6) is 0 Å². The van der Waals surface area contributed by atoms with E-state index >= 15 is 0 Å². The van der Waals surface area contributed by atoms with E-state index in [0.29, 0.717) is 6.61 Å². The van der Waals surface area contributed by atoms with Crippen LogP contribution in [0.15, 0.2) is 5.10 Å². The second kappa shape index (κ2) is 7.56. The van der Waals surface area contributed by atoms with Gasteiger partial charge < -0.3 is 20.6 Å². The summed E-state index contributed by atoms with van der Waals surface area (Å²) in [6.45, 7) is 0.745. The normalized spacial score (nSPS) is 20.8. The van der Waals surface area contributed by atoms with E-state index in [1.54, 1.807) is 0 Å². The van der Waals surface area contributed by atoms with E-state index in [0.717, 1.165) is 4.90 Å². The molecule has 1 rings (SSSR count). The van der Waals surface area contributed by atoms with Gasteiger partial charge in [0, 0.05) is 20.8 Å². The van der Waals surface area contributed by atoms with Gasteiger partial charge in [0.05, 0.1) is 19.8 Å². The van der Waals surface area contributed by atoms with Gasteiger partial charge >= 0.3 is 0 Å². The fourth-order valence-electron chi connectivity index (χ4n) is 1.77. The second-order valence-corrected chi connectivity index (χ2v) is 4.02. The van der Waals surface area contributed by atoms with Crippen LogP contribution in [-0.4, -0.2) is 68.9 Å². The molecular formula is C11H18N4O5. The molecule has 3 N–H and O–H groups in total. The fourth-order valence-corrected chi connectivity index (χ4v) is 1.77. The molecule has 20 heavy (non-hydrogen) atoms. The first-order chi connectivity index (χ1) is 9.58. The predicted octanol–water partition coefficient (Wildman–Crippen LogP) is -2.30. The maximum Gasteiger partial charge on any atom is 0.278 e. The van der Waals surface area contributed by atoms with Crippen LogP contribution in [0, 0.1) is 5.92 Å². The molecule has 1 heterocycles. The summed E-state index contributed by atoms with van der Waals surface area (Å²) in [5.41, 5.74) is -0.263. The molecule has 1 aliphatic rings. The number of imide groups is 1. The summed E-state index contributed by atoms with van der Waals surface area (Å²) in [4.78, 5) is 36.9. The zero-order valence-corrected chi connectivity index (χ0v) is 11.4. The van der Waals surface area contributed by atoms with E-state index in [2.05, 4.69) is 10.4 Å². The van der Waals surface area contributed by atoms with Crippen LogP contribution in [0.4, 0.5) is 0 Å².